The summed E-state index contributed by atoms with van der Waals surface area (Å²) in [6, 6.07) is 8.98. The first-order chi connectivity index (χ1) is 23.7. The molecular weight excluding hydrogens is 664 g/mol. The summed E-state index contributed by atoms with van der Waals surface area (Å²) < 4.78 is 50.2. The van der Waals surface area contributed by atoms with Gasteiger partial charge < -0.3 is 47.7 Å². The molecule has 2 fully saturated rings. The topological polar surface area (TPSA) is 206 Å². The summed E-state index contributed by atoms with van der Waals surface area (Å²) in [5.74, 6) is -7.45. The van der Waals surface area contributed by atoms with Crippen molar-refractivity contribution in [1.29, 1.82) is 0 Å². The highest BCUT2D eigenvalue weighted by molar-refractivity contribution is 5.89. The van der Waals surface area contributed by atoms with Gasteiger partial charge in [-0.25, -0.2) is 9.59 Å². The molecule has 16 heteroatoms. The first-order valence-electron chi connectivity index (χ1n) is 15.7. The van der Waals surface area contributed by atoms with E-state index in [1.807, 2.05) is 6.07 Å². The average Bonchev–Trinajstić information content (AvgIpc) is 3.30. The van der Waals surface area contributed by atoms with E-state index in [1.165, 1.54) is 6.08 Å². The standard InChI is InChI=1S/C34H40O16/c1-16-25-26(27(40)28(16)49-24(39)13-12-21-10-8-7-9-11-21)22(32(41)42-6)14-44-33(25)50-34-31(47-20(5)38)30(46-19(4)37)29(45-18(3)36)23(48-34)15-43-17(2)35/h7-14,16,23,25-31,33-34,40H,15H2,1-6H3/b13-12+/t16-,23+,25+,26+,27-,28+,29+,30-,31+,33-,34-/m0/s1. The molecule has 1 N–H and O–H groups in total. The Hall–Kier alpha value is -4.80. The van der Waals surface area contributed by atoms with E-state index in [0.717, 1.165) is 46.6 Å². The van der Waals surface area contributed by atoms with Crippen molar-refractivity contribution in [3.8, 4) is 0 Å². The lowest BCUT2D eigenvalue weighted by atomic mass is 9.82. The van der Waals surface area contributed by atoms with Gasteiger partial charge in [-0.2, -0.15) is 0 Å². The van der Waals surface area contributed by atoms with Crippen LogP contribution >= 0.6 is 0 Å². The molecule has 1 aromatic rings. The molecule has 0 radical (unpaired) electrons. The van der Waals surface area contributed by atoms with Crippen LogP contribution in [-0.4, -0.2) is 104 Å². The molecule has 1 saturated carbocycles. The van der Waals surface area contributed by atoms with Gasteiger partial charge in [0.15, 0.2) is 18.3 Å². The van der Waals surface area contributed by atoms with Crippen LogP contribution < -0.4 is 0 Å². The van der Waals surface area contributed by atoms with E-state index < -0.39 is 109 Å². The van der Waals surface area contributed by atoms with Crippen molar-refractivity contribution in [2.24, 2.45) is 17.8 Å². The Balaban J connectivity index is 1.68. The number of fused-ring (bicyclic) bond motifs is 1. The highest BCUT2D eigenvalue weighted by atomic mass is 16.8. The van der Waals surface area contributed by atoms with Gasteiger partial charge in [0.1, 0.15) is 18.8 Å². The van der Waals surface area contributed by atoms with Crippen LogP contribution in [0.1, 0.15) is 40.2 Å². The molecule has 1 aliphatic carbocycles. The number of hydrogen-bond acceptors (Lipinski definition) is 16. The predicted molar refractivity (Wildman–Crippen MR) is 166 cm³/mol. The minimum Gasteiger partial charge on any atom is -0.472 e. The Morgan fingerprint density at radius 2 is 1.42 bits per heavy atom. The summed E-state index contributed by atoms with van der Waals surface area (Å²) in [4.78, 5) is 74.0. The maximum Gasteiger partial charge on any atom is 0.337 e. The summed E-state index contributed by atoms with van der Waals surface area (Å²) >= 11 is 0. The van der Waals surface area contributed by atoms with E-state index in [9.17, 15) is 33.9 Å². The molecule has 16 nitrogen and oxygen atoms in total. The first kappa shape index (κ1) is 38.0. The van der Waals surface area contributed by atoms with E-state index in [1.54, 1.807) is 37.3 Å². The fourth-order valence-corrected chi connectivity index (χ4v) is 6.34. The number of esters is 6. The number of benzene rings is 1. The van der Waals surface area contributed by atoms with Gasteiger partial charge in [-0.3, -0.25) is 19.2 Å². The van der Waals surface area contributed by atoms with Crippen LogP contribution in [0.15, 0.2) is 48.2 Å². The fraction of sp³-hybridized carbons (Fsp3) is 0.529. The van der Waals surface area contributed by atoms with Crippen LogP contribution in [-0.2, 0) is 71.4 Å². The van der Waals surface area contributed by atoms with Crippen LogP contribution in [0.4, 0.5) is 0 Å². The fourth-order valence-electron chi connectivity index (χ4n) is 6.34. The summed E-state index contributed by atoms with van der Waals surface area (Å²) in [5.41, 5.74) is 0.678. The molecule has 0 aromatic heterocycles. The van der Waals surface area contributed by atoms with E-state index in [2.05, 4.69) is 0 Å². The third-order valence-electron chi connectivity index (χ3n) is 8.35. The van der Waals surface area contributed by atoms with E-state index in [-0.39, 0.29) is 5.57 Å². The molecule has 0 bridgehead atoms. The second kappa shape index (κ2) is 16.7. The molecule has 1 saturated heterocycles. The normalized spacial score (nSPS) is 31.7. The van der Waals surface area contributed by atoms with E-state index >= 15 is 0 Å². The molecule has 11 atom stereocenters. The number of carbonyl (C=O) groups excluding carboxylic acids is 6. The summed E-state index contributed by atoms with van der Waals surface area (Å²) in [5, 5.41) is 11.5. The van der Waals surface area contributed by atoms with Crippen molar-refractivity contribution in [1.82, 2.24) is 0 Å². The van der Waals surface area contributed by atoms with Crippen LogP contribution in [0, 0.1) is 17.8 Å². The molecule has 0 unspecified atom stereocenters. The zero-order valence-electron chi connectivity index (χ0n) is 28.2. The molecule has 0 spiro atoms. The Kier molecular flexibility index (Phi) is 12.7. The van der Waals surface area contributed by atoms with E-state index in [4.69, 9.17) is 42.6 Å². The minimum atomic E-state index is -1.63. The molecular formula is C34H40O16. The van der Waals surface area contributed by atoms with Crippen molar-refractivity contribution < 1.29 is 76.5 Å². The maximum atomic E-state index is 12.9. The van der Waals surface area contributed by atoms with Gasteiger partial charge in [0.05, 0.1) is 25.0 Å². The van der Waals surface area contributed by atoms with Crippen LogP contribution in [0.5, 0.6) is 0 Å². The molecule has 3 aliphatic rings. The number of aliphatic hydroxyl groups excluding tert-OH is 1. The average molecular weight is 705 g/mol. The second-order valence-corrected chi connectivity index (χ2v) is 11.9. The Morgan fingerprint density at radius 3 is 2.02 bits per heavy atom. The molecule has 1 aromatic carbocycles. The third kappa shape index (κ3) is 9.05. The lowest BCUT2D eigenvalue weighted by molar-refractivity contribution is -0.345. The second-order valence-electron chi connectivity index (χ2n) is 11.9. The van der Waals surface area contributed by atoms with Crippen molar-refractivity contribution >= 4 is 41.9 Å². The molecule has 4 rings (SSSR count). The third-order valence-corrected chi connectivity index (χ3v) is 8.35. The number of aliphatic hydroxyl groups is 1. The summed E-state index contributed by atoms with van der Waals surface area (Å²) in [7, 11) is 1.15. The van der Waals surface area contributed by atoms with Crippen molar-refractivity contribution in [2.45, 2.75) is 83.8 Å². The van der Waals surface area contributed by atoms with Crippen molar-refractivity contribution in [2.75, 3.05) is 13.7 Å². The SMILES string of the molecule is COC(=O)C1=CO[C@@H](O[C@@H]2O[C@H](COC(C)=O)[C@@H](OC(C)=O)[C@H](OC(C)=O)[C@H]2OC(C)=O)[C@@H]2[C@H](C)[C@@H](OC(=O)/C=C/c3ccccc3)[C@@H](O)[C@H]12. The van der Waals surface area contributed by atoms with Crippen LogP contribution in [0.25, 0.3) is 6.08 Å². The van der Waals surface area contributed by atoms with Gasteiger partial charge in [0.2, 0.25) is 12.6 Å². The highest BCUT2D eigenvalue weighted by Crippen LogP contribution is 2.49. The lowest BCUT2D eigenvalue weighted by Gasteiger charge is -2.46. The monoisotopic (exact) mass is 704 g/mol. The van der Waals surface area contributed by atoms with Crippen molar-refractivity contribution in [3.05, 3.63) is 53.8 Å². The Bertz CT molecular complexity index is 1490. The van der Waals surface area contributed by atoms with Gasteiger partial charge in [-0.1, -0.05) is 37.3 Å². The minimum absolute atomic E-state index is 0.0587. The quantitative estimate of drug-likeness (QED) is 0.196. The number of hydrogen-bond donors (Lipinski definition) is 1. The summed E-state index contributed by atoms with van der Waals surface area (Å²) in [6.07, 6.45) is -7.62. The van der Waals surface area contributed by atoms with Crippen LogP contribution in [0.2, 0.25) is 0 Å². The Morgan fingerprint density at radius 1 is 0.800 bits per heavy atom. The summed E-state index contributed by atoms with van der Waals surface area (Å²) in [6.45, 7) is 5.54. The predicted octanol–water partition coefficient (Wildman–Crippen LogP) is 1.37. The van der Waals surface area contributed by atoms with Crippen molar-refractivity contribution in [3.63, 3.8) is 0 Å². The molecule has 272 valence electrons. The number of rotatable bonds is 11. The van der Waals surface area contributed by atoms with Gasteiger partial charge >= 0.3 is 35.8 Å². The zero-order valence-corrected chi connectivity index (χ0v) is 28.2. The first-order valence-corrected chi connectivity index (χ1v) is 15.7. The molecule has 2 heterocycles. The largest absolute Gasteiger partial charge is 0.472 e. The van der Waals surface area contributed by atoms with Gasteiger partial charge in [-0.05, 0) is 11.6 Å². The van der Waals surface area contributed by atoms with Gasteiger partial charge in [0, 0.05) is 51.5 Å². The Labute approximate surface area is 287 Å². The van der Waals surface area contributed by atoms with Gasteiger partial charge in [0.25, 0.3) is 0 Å². The lowest BCUT2D eigenvalue weighted by Crippen LogP contribution is -2.63. The number of methoxy groups -OCH3 is 1. The van der Waals surface area contributed by atoms with E-state index in [0.29, 0.717) is 0 Å². The van der Waals surface area contributed by atoms with Gasteiger partial charge in [-0.15, -0.1) is 0 Å². The molecule has 0 amide bonds. The maximum absolute atomic E-state index is 12.9. The highest BCUT2D eigenvalue weighted by Gasteiger charge is 2.60. The molecule has 50 heavy (non-hydrogen) atoms. The van der Waals surface area contributed by atoms with Crippen LogP contribution in [0.3, 0.4) is 0 Å². The molecule has 2 aliphatic heterocycles. The number of carbonyl (C=O) groups is 6. The smallest absolute Gasteiger partial charge is 0.337 e. The zero-order chi connectivity index (χ0) is 36.7. The number of ether oxygens (including phenoxy) is 9.